The largest absolute Gasteiger partial charge is 0.359 e. The number of nitrogens with one attached hydrogen (secondary N) is 1. The number of hydrogen-bond acceptors (Lipinski definition) is 3. The summed E-state index contributed by atoms with van der Waals surface area (Å²) < 4.78 is 0. The average Bonchev–Trinajstić information content (AvgIpc) is 3.69. The summed E-state index contributed by atoms with van der Waals surface area (Å²) in [5, 5.41) is 2.23. The van der Waals surface area contributed by atoms with E-state index in [4.69, 9.17) is 9.97 Å². The lowest BCUT2D eigenvalue weighted by molar-refractivity contribution is 1.20. The van der Waals surface area contributed by atoms with Gasteiger partial charge in [-0.3, -0.25) is 9.97 Å². The molecule has 3 nitrogen and oxygen atoms in total. The summed E-state index contributed by atoms with van der Waals surface area (Å²) in [5.41, 5.74) is 12.0. The van der Waals surface area contributed by atoms with Crippen LogP contribution in [0.3, 0.4) is 0 Å². The summed E-state index contributed by atoms with van der Waals surface area (Å²) in [5.74, 6) is 0. The first-order valence-electron chi connectivity index (χ1n) is 13.2. The van der Waals surface area contributed by atoms with Gasteiger partial charge in [0.15, 0.2) is 0 Å². The lowest BCUT2D eigenvalue weighted by Gasteiger charge is -2.10. The maximum Gasteiger partial charge on any atom is 0.105 e. The molecule has 7 rings (SSSR count). The molecule has 4 heteroatoms. The van der Waals surface area contributed by atoms with Crippen LogP contribution in [0.2, 0.25) is 0 Å². The van der Waals surface area contributed by atoms with Gasteiger partial charge in [0.25, 0.3) is 0 Å². The van der Waals surface area contributed by atoms with E-state index in [9.17, 15) is 0 Å². The zero-order valence-electron chi connectivity index (χ0n) is 21.7. The van der Waals surface area contributed by atoms with Gasteiger partial charge in [-0.05, 0) is 27.6 Å². The molecule has 40 heavy (non-hydrogen) atoms. The van der Waals surface area contributed by atoms with Crippen LogP contribution in [0.5, 0.6) is 0 Å². The highest BCUT2D eigenvalue weighted by atomic mass is 32.1. The van der Waals surface area contributed by atoms with Crippen LogP contribution in [-0.2, 0) is 0 Å². The Balaban J connectivity index is 1.33. The molecule has 0 bridgehead atoms. The van der Waals surface area contributed by atoms with E-state index >= 15 is 0 Å². The topological polar surface area (TPSA) is 41.6 Å². The van der Waals surface area contributed by atoms with Gasteiger partial charge in [-0.1, -0.05) is 121 Å². The summed E-state index contributed by atoms with van der Waals surface area (Å²) in [6.07, 6.45) is 5.86. The third kappa shape index (κ3) is 4.45. The molecule has 0 spiro atoms. The second-order valence-electron chi connectivity index (χ2n) is 9.56. The van der Waals surface area contributed by atoms with Gasteiger partial charge in [0.05, 0.1) is 28.7 Å². The van der Waals surface area contributed by atoms with E-state index in [1.165, 1.54) is 22.3 Å². The molecule has 0 atom stereocenters. The SMILES string of the molecule is c1ccc(-c2c[nH]c(-c3cnc(-c4scc(-c5ccccc5)c4-c4ccccc4)cn3)c2-c2ccccc2)cc1. The molecule has 0 amide bonds. The molecule has 3 heterocycles. The van der Waals surface area contributed by atoms with E-state index in [1.807, 2.05) is 24.5 Å². The highest BCUT2D eigenvalue weighted by molar-refractivity contribution is 7.14. The number of thiophene rings is 1. The number of hydrogen-bond donors (Lipinski definition) is 1. The molecule has 0 fully saturated rings. The highest BCUT2D eigenvalue weighted by Crippen LogP contribution is 2.44. The van der Waals surface area contributed by atoms with E-state index in [-0.39, 0.29) is 0 Å². The lowest BCUT2D eigenvalue weighted by Crippen LogP contribution is -1.92. The number of aromatic nitrogens is 3. The minimum atomic E-state index is 0.811. The summed E-state index contributed by atoms with van der Waals surface area (Å²) in [7, 11) is 0. The second kappa shape index (κ2) is 10.6. The Labute approximate surface area is 237 Å². The zero-order chi connectivity index (χ0) is 26.7. The number of H-pyrrole nitrogens is 1. The third-order valence-electron chi connectivity index (χ3n) is 7.11. The van der Waals surface area contributed by atoms with E-state index < -0.39 is 0 Å². The first kappa shape index (κ1) is 24.0. The van der Waals surface area contributed by atoms with Crippen molar-refractivity contribution in [2.45, 2.75) is 0 Å². The Morgan fingerprint density at radius 3 is 1.50 bits per heavy atom. The fourth-order valence-electron chi connectivity index (χ4n) is 5.22. The van der Waals surface area contributed by atoms with Gasteiger partial charge in [0.1, 0.15) is 5.69 Å². The van der Waals surface area contributed by atoms with Gasteiger partial charge in [-0.25, -0.2) is 0 Å². The van der Waals surface area contributed by atoms with Crippen molar-refractivity contribution in [2.24, 2.45) is 0 Å². The van der Waals surface area contributed by atoms with E-state index in [0.29, 0.717) is 0 Å². The molecule has 190 valence electrons. The van der Waals surface area contributed by atoms with Crippen LogP contribution in [-0.4, -0.2) is 15.0 Å². The predicted octanol–water partition coefficient (Wildman–Crippen LogP) is 9.87. The van der Waals surface area contributed by atoms with Crippen molar-refractivity contribution in [1.29, 1.82) is 0 Å². The zero-order valence-corrected chi connectivity index (χ0v) is 22.5. The van der Waals surface area contributed by atoms with Gasteiger partial charge in [0.2, 0.25) is 0 Å². The molecule has 1 N–H and O–H groups in total. The van der Waals surface area contributed by atoms with Crippen molar-refractivity contribution in [2.75, 3.05) is 0 Å². The molecule has 7 aromatic rings. The molecular weight excluding hydrogens is 506 g/mol. The monoisotopic (exact) mass is 531 g/mol. The van der Waals surface area contributed by atoms with Crippen LogP contribution in [0.4, 0.5) is 0 Å². The van der Waals surface area contributed by atoms with Crippen LogP contribution >= 0.6 is 11.3 Å². The van der Waals surface area contributed by atoms with Crippen LogP contribution in [0.1, 0.15) is 0 Å². The minimum absolute atomic E-state index is 0.811. The van der Waals surface area contributed by atoms with Crippen LogP contribution in [0.25, 0.3) is 66.5 Å². The fraction of sp³-hybridized carbons (Fsp3) is 0. The molecular formula is C36H25N3S. The molecule has 0 radical (unpaired) electrons. The molecule has 0 unspecified atom stereocenters. The molecule has 0 aliphatic carbocycles. The van der Waals surface area contributed by atoms with E-state index in [2.05, 4.69) is 126 Å². The quantitative estimate of drug-likeness (QED) is 0.232. The van der Waals surface area contributed by atoms with Gasteiger partial charge >= 0.3 is 0 Å². The van der Waals surface area contributed by atoms with E-state index in [1.54, 1.807) is 11.3 Å². The maximum absolute atomic E-state index is 4.96. The molecule has 0 aliphatic heterocycles. The van der Waals surface area contributed by atoms with Crippen molar-refractivity contribution >= 4 is 11.3 Å². The molecule has 0 aliphatic rings. The number of nitrogens with zero attached hydrogens (tertiary/aromatic N) is 2. The van der Waals surface area contributed by atoms with Crippen LogP contribution in [0.15, 0.2) is 145 Å². The molecule has 0 saturated carbocycles. The van der Waals surface area contributed by atoms with Crippen molar-refractivity contribution in [1.82, 2.24) is 15.0 Å². The van der Waals surface area contributed by atoms with Crippen LogP contribution < -0.4 is 0 Å². The Hall–Kier alpha value is -5.06. The van der Waals surface area contributed by atoms with Gasteiger partial charge in [0, 0.05) is 28.5 Å². The standard InChI is InChI=1S/C36H25N3S/c1-5-13-25(14-6-1)29-21-39-35(33(29)27-17-9-3-10-18-27)31-22-38-32(23-37-31)36-34(28-19-11-4-12-20-28)30(24-40-36)26-15-7-2-8-16-26/h1-24,39H. The smallest absolute Gasteiger partial charge is 0.105 e. The number of benzene rings is 4. The van der Waals surface area contributed by atoms with Gasteiger partial charge in [-0.15, -0.1) is 11.3 Å². The van der Waals surface area contributed by atoms with E-state index in [0.717, 1.165) is 44.2 Å². The van der Waals surface area contributed by atoms with Gasteiger partial charge < -0.3 is 4.98 Å². The summed E-state index contributed by atoms with van der Waals surface area (Å²) in [6, 6.07) is 42.0. The number of rotatable bonds is 6. The lowest BCUT2D eigenvalue weighted by atomic mass is 9.95. The average molecular weight is 532 g/mol. The summed E-state index contributed by atoms with van der Waals surface area (Å²) in [6.45, 7) is 0. The summed E-state index contributed by atoms with van der Waals surface area (Å²) in [4.78, 5) is 14.5. The third-order valence-corrected chi connectivity index (χ3v) is 8.11. The highest BCUT2D eigenvalue weighted by Gasteiger charge is 2.20. The first-order valence-corrected chi connectivity index (χ1v) is 14.1. The second-order valence-corrected chi connectivity index (χ2v) is 10.4. The first-order chi connectivity index (χ1) is 19.9. The normalized spacial score (nSPS) is 11.0. The van der Waals surface area contributed by atoms with Crippen molar-refractivity contribution in [3.8, 4) is 66.5 Å². The molecule has 4 aromatic carbocycles. The Morgan fingerprint density at radius 1 is 0.475 bits per heavy atom. The number of aromatic amines is 1. The summed E-state index contributed by atoms with van der Waals surface area (Å²) >= 11 is 1.71. The molecule has 0 saturated heterocycles. The van der Waals surface area contributed by atoms with Crippen molar-refractivity contribution in [3.63, 3.8) is 0 Å². The van der Waals surface area contributed by atoms with Gasteiger partial charge in [-0.2, -0.15) is 0 Å². The predicted molar refractivity (Wildman–Crippen MR) is 167 cm³/mol. The van der Waals surface area contributed by atoms with Crippen molar-refractivity contribution < 1.29 is 0 Å². The fourth-order valence-corrected chi connectivity index (χ4v) is 6.28. The van der Waals surface area contributed by atoms with Crippen molar-refractivity contribution in [3.05, 3.63) is 145 Å². The van der Waals surface area contributed by atoms with Crippen LogP contribution in [0, 0.1) is 0 Å². The Kier molecular flexibility index (Phi) is 6.36. The Morgan fingerprint density at radius 2 is 0.950 bits per heavy atom. The maximum atomic E-state index is 4.96. The minimum Gasteiger partial charge on any atom is -0.359 e. The Bertz CT molecular complexity index is 1720. The molecule has 3 aromatic heterocycles.